The molecule has 1 aliphatic rings. The van der Waals surface area contributed by atoms with Crippen LogP contribution in [-0.2, 0) is 19.1 Å². The number of nitrogens with two attached hydrogens (primary N) is 1. The third kappa shape index (κ3) is 13.0. The van der Waals surface area contributed by atoms with Crippen molar-refractivity contribution in [2.75, 3.05) is 13.2 Å². The number of esters is 1. The van der Waals surface area contributed by atoms with E-state index in [1.807, 2.05) is 0 Å². The second-order valence-electron chi connectivity index (χ2n) is 9.86. The van der Waals surface area contributed by atoms with Gasteiger partial charge in [-0.1, -0.05) is 64.7 Å². The number of aliphatic hydroxyl groups excluding tert-OH is 3. The number of rotatable bonds is 20. The van der Waals surface area contributed by atoms with Gasteiger partial charge in [0.05, 0.1) is 19.1 Å². The fourth-order valence-corrected chi connectivity index (χ4v) is 4.41. The molecule has 0 saturated carbocycles. The van der Waals surface area contributed by atoms with E-state index in [1.165, 1.54) is 38.5 Å². The quantitative estimate of drug-likeness (QED) is 0.104. The van der Waals surface area contributed by atoms with E-state index in [-0.39, 0.29) is 18.8 Å². The molecule has 0 aromatic rings. The van der Waals surface area contributed by atoms with Crippen molar-refractivity contribution in [1.82, 2.24) is 10.6 Å². The van der Waals surface area contributed by atoms with Crippen LogP contribution in [0, 0.1) is 0 Å². The SMILES string of the molecule is CCCCCCCCCCC[C@@H](CC(=O)N[C@H]1C(=O)N[C@H](CO)[C@@H](O)[C@@H]1O)OC(=O)CCCCCN. The second kappa shape index (κ2) is 19.4. The van der Waals surface area contributed by atoms with Crippen LogP contribution in [0.15, 0.2) is 0 Å². The van der Waals surface area contributed by atoms with E-state index in [1.54, 1.807) is 0 Å². The average molecular weight is 516 g/mol. The summed E-state index contributed by atoms with van der Waals surface area (Å²) >= 11 is 0. The highest BCUT2D eigenvalue weighted by Crippen LogP contribution is 2.17. The van der Waals surface area contributed by atoms with Crippen molar-refractivity contribution >= 4 is 17.8 Å². The van der Waals surface area contributed by atoms with Gasteiger partial charge in [-0.3, -0.25) is 14.4 Å². The zero-order chi connectivity index (χ0) is 26.8. The molecule has 10 heteroatoms. The minimum atomic E-state index is -1.55. The van der Waals surface area contributed by atoms with Crippen LogP contribution in [0.1, 0.15) is 103 Å². The Labute approximate surface area is 215 Å². The molecule has 5 atom stereocenters. The minimum absolute atomic E-state index is 0.137. The molecule has 1 rings (SSSR count). The second-order valence-corrected chi connectivity index (χ2v) is 9.86. The molecule has 1 saturated heterocycles. The molecule has 210 valence electrons. The molecule has 0 aromatic carbocycles. The molecule has 0 radical (unpaired) electrons. The van der Waals surface area contributed by atoms with Crippen LogP contribution in [0.25, 0.3) is 0 Å². The van der Waals surface area contributed by atoms with Gasteiger partial charge in [-0.2, -0.15) is 0 Å². The largest absolute Gasteiger partial charge is 0.462 e. The average Bonchev–Trinajstić information content (AvgIpc) is 2.85. The van der Waals surface area contributed by atoms with Crippen LogP contribution in [0.4, 0.5) is 0 Å². The first kappa shape index (κ1) is 32.3. The van der Waals surface area contributed by atoms with Crippen molar-refractivity contribution in [1.29, 1.82) is 0 Å². The molecular weight excluding hydrogens is 466 g/mol. The van der Waals surface area contributed by atoms with Gasteiger partial charge in [-0.05, 0) is 32.2 Å². The maximum atomic E-state index is 12.7. The predicted octanol–water partition coefficient (Wildman–Crippen LogP) is 1.43. The molecule has 0 unspecified atom stereocenters. The van der Waals surface area contributed by atoms with Crippen molar-refractivity contribution in [3.05, 3.63) is 0 Å². The summed E-state index contributed by atoms with van der Waals surface area (Å²) in [4.78, 5) is 37.2. The van der Waals surface area contributed by atoms with Gasteiger partial charge in [0, 0.05) is 6.42 Å². The van der Waals surface area contributed by atoms with Crippen molar-refractivity contribution in [2.24, 2.45) is 5.73 Å². The van der Waals surface area contributed by atoms with E-state index < -0.39 is 48.8 Å². The number of hydrogen-bond donors (Lipinski definition) is 6. The Kier molecular flexibility index (Phi) is 17.4. The number of hydrogen-bond acceptors (Lipinski definition) is 8. The number of carbonyl (C=O) groups is 3. The zero-order valence-corrected chi connectivity index (χ0v) is 22.0. The lowest BCUT2D eigenvalue weighted by atomic mass is 9.93. The number of aliphatic hydroxyl groups is 3. The molecule has 36 heavy (non-hydrogen) atoms. The summed E-state index contributed by atoms with van der Waals surface area (Å²) in [6, 6.07) is -2.35. The number of unbranched alkanes of at least 4 members (excludes halogenated alkanes) is 10. The monoisotopic (exact) mass is 515 g/mol. The smallest absolute Gasteiger partial charge is 0.306 e. The van der Waals surface area contributed by atoms with Crippen molar-refractivity contribution in [3.63, 3.8) is 0 Å². The van der Waals surface area contributed by atoms with Crippen LogP contribution >= 0.6 is 0 Å². The molecule has 0 aliphatic carbocycles. The molecule has 0 aromatic heterocycles. The first-order valence-electron chi connectivity index (χ1n) is 13.8. The summed E-state index contributed by atoms with van der Waals surface area (Å²) in [5.74, 6) is -1.61. The predicted molar refractivity (Wildman–Crippen MR) is 137 cm³/mol. The lowest BCUT2D eigenvalue weighted by Crippen LogP contribution is -2.68. The van der Waals surface area contributed by atoms with Gasteiger partial charge in [0.25, 0.3) is 0 Å². The number of carbonyl (C=O) groups excluding carboxylic acids is 3. The number of nitrogens with one attached hydrogen (secondary N) is 2. The molecule has 0 bridgehead atoms. The maximum Gasteiger partial charge on any atom is 0.306 e. The van der Waals surface area contributed by atoms with Crippen molar-refractivity contribution in [3.8, 4) is 0 Å². The Hall–Kier alpha value is -1.75. The third-order valence-electron chi connectivity index (χ3n) is 6.65. The van der Waals surface area contributed by atoms with Crippen LogP contribution in [-0.4, -0.2) is 76.7 Å². The molecule has 10 nitrogen and oxygen atoms in total. The summed E-state index contributed by atoms with van der Waals surface area (Å²) in [5, 5.41) is 34.3. The van der Waals surface area contributed by atoms with Gasteiger partial charge in [0.15, 0.2) is 0 Å². The Bertz CT molecular complexity index is 635. The molecule has 7 N–H and O–H groups in total. The first-order valence-corrected chi connectivity index (χ1v) is 13.8. The summed E-state index contributed by atoms with van der Waals surface area (Å²) in [5.41, 5.74) is 5.49. The number of amides is 2. The van der Waals surface area contributed by atoms with E-state index in [0.29, 0.717) is 19.4 Å². The van der Waals surface area contributed by atoms with Gasteiger partial charge in [-0.15, -0.1) is 0 Å². The van der Waals surface area contributed by atoms with E-state index >= 15 is 0 Å². The summed E-state index contributed by atoms with van der Waals surface area (Å²) < 4.78 is 5.60. The van der Waals surface area contributed by atoms with Crippen LogP contribution < -0.4 is 16.4 Å². The van der Waals surface area contributed by atoms with Gasteiger partial charge >= 0.3 is 5.97 Å². The zero-order valence-electron chi connectivity index (χ0n) is 22.0. The highest BCUT2D eigenvalue weighted by atomic mass is 16.5. The van der Waals surface area contributed by atoms with Crippen LogP contribution in [0.5, 0.6) is 0 Å². The lowest BCUT2D eigenvalue weighted by Gasteiger charge is -2.37. The van der Waals surface area contributed by atoms with Gasteiger partial charge in [0.2, 0.25) is 11.8 Å². The number of piperidine rings is 1. The maximum absolute atomic E-state index is 12.7. The Morgan fingerprint density at radius 3 is 2.19 bits per heavy atom. The van der Waals surface area contributed by atoms with E-state index in [0.717, 1.165) is 32.1 Å². The fraction of sp³-hybridized carbons (Fsp3) is 0.885. The first-order chi connectivity index (χ1) is 17.3. The van der Waals surface area contributed by atoms with E-state index in [4.69, 9.17) is 10.5 Å². The van der Waals surface area contributed by atoms with Gasteiger partial charge < -0.3 is 36.4 Å². The third-order valence-corrected chi connectivity index (χ3v) is 6.65. The van der Waals surface area contributed by atoms with Gasteiger partial charge in [0.1, 0.15) is 24.4 Å². The van der Waals surface area contributed by atoms with Crippen LogP contribution in [0.2, 0.25) is 0 Å². The molecule has 1 heterocycles. The van der Waals surface area contributed by atoms with Crippen molar-refractivity contribution in [2.45, 2.75) is 134 Å². The fourth-order valence-electron chi connectivity index (χ4n) is 4.41. The molecule has 1 fully saturated rings. The van der Waals surface area contributed by atoms with E-state index in [2.05, 4.69) is 17.6 Å². The molecule has 0 spiro atoms. The van der Waals surface area contributed by atoms with Crippen molar-refractivity contribution < 1.29 is 34.4 Å². The highest BCUT2D eigenvalue weighted by molar-refractivity contribution is 5.89. The summed E-state index contributed by atoms with van der Waals surface area (Å²) in [6.07, 6.45) is 9.73. The Balaban J connectivity index is 2.54. The standard InChI is InChI=1S/C26H49N3O7/c1-2-3-4-5-6-7-8-9-11-14-19(36-22(32)15-12-10-13-16-27)17-21(31)29-23-25(34)24(33)20(18-30)28-26(23)35/h19-20,23-25,30,33-34H,2-18,27H2,1H3,(H,28,35)(H,29,31)/t19-,20+,23+,24+,25+/m0/s1. The Morgan fingerprint density at radius 1 is 0.972 bits per heavy atom. The molecule has 2 amide bonds. The highest BCUT2D eigenvalue weighted by Gasteiger charge is 2.43. The van der Waals surface area contributed by atoms with E-state index in [9.17, 15) is 29.7 Å². The topological polar surface area (TPSA) is 171 Å². The van der Waals surface area contributed by atoms with Gasteiger partial charge in [-0.25, -0.2) is 0 Å². The lowest BCUT2D eigenvalue weighted by molar-refractivity contribution is -0.152. The minimum Gasteiger partial charge on any atom is -0.462 e. The normalized spacial score (nSPS) is 22.6. The van der Waals surface area contributed by atoms with Crippen LogP contribution in [0.3, 0.4) is 0 Å². The Morgan fingerprint density at radius 2 is 1.58 bits per heavy atom. The summed E-state index contributed by atoms with van der Waals surface area (Å²) in [7, 11) is 0. The molecule has 1 aliphatic heterocycles. The summed E-state index contributed by atoms with van der Waals surface area (Å²) in [6.45, 7) is 2.24. The molecular formula is C26H49N3O7. The number of ether oxygens (including phenoxy) is 1.